The van der Waals surface area contributed by atoms with Gasteiger partial charge in [-0.3, -0.25) is 0 Å². The summed E-state index contributed by atoms with van der Waals surface area (Å²) in [5, 5.41) is 7.60. The average molecular weight is 226 g/mol. The SMILES string of the molecule is C=CC(=O)O.CCCCOC(=O)C1=CCC1. The van der Waals surface area contributed by atoms with Crippen molar-refractivity contribution in [1.29, 1.82) is 0 Å². The monoisotopic (exact) mass is 226 g/mol. The van der Waals surface area contributed by atoms with Crippen LogP contribution < -0.4 is 0 Å². The van der Waals surface area contributed by atoms with Crippen molar-refractivity contribution in [1.82, 2.24) is 0 Å². The molecular weight excluding hydrogens is 208 g/mol. The van der Waals surface area contributed by atoms with Gasteiger partial charge in [-0.25, -0.2) is 9.59 Å². The number of unbranched alkanes of at least 4 members (excludes halogenated alkanes) is 1. The molecular formula is C12H18O4. The van der Waals surface area contributed by atoms with Crippen LogP contribution in [-0.4, -0.2) is 23.7 Å². The van der Waals surface area contributed by atoms with Gasteiger partial charge in [-0.2, -0.15) is 0 Å². The van der Waals surface area contributed by atoms with Crippen molar-refractivity contribution in [3.8, 4) is 0 Å². The van der Waals surface area contributed by atoms with E-state index in [0.717, 1.165) is 37.3 Å². The highest BCUT2D eigenvalue weighted by molar-refractivity contribution is 5.89. The number of hydrogen-bond acceptors (Lipinski definition) is 3. The van der Waals surface area contributed by atoms with Gasteiger partial charge in [-0.1, -0.05) is 26.0 Å². The molecule has 1 N–H and O–H groups in total. The van der Waals surface area contributed by atoms with Crippen LogP contribution in [0.2, 0.25) is 0 Å². The van der Waals surface area contributed by atoms with Crippen molar-refractivity contribution < 1.29 is 19.4 Å². The van der Waals surface area contributed by atoms with Gasteiger partial charge in [0.2, 0.25) is 0 Å². The molecule has 0 bridgehead atoms. The molecule has 0 aromatic rings. The quantitative estimate of drug-likeness (QED) is 0.444. The third-order valence-electron chi connectivity index (χ3n) is 1.97. The number of carbonyl (C=O) groups is 2. The molecule has 0 heterocycles. The molecule has 1 aliphatic rings. The Bertz CT molecular complexity index is 279. The molecule has 0 aliphatic heterocycles. The van der Waals surface area contributed by atoms with E-state index in [1.54, 1.807) is 0 Å². The number of allylic oxidation sites excluding steroid dienone is 1. The number of esters is 1. The van der Waals surface area contributed by atoms with Gasteiger partial charge in [0, 0.05) is 11.6 Å². The van der Waals surface area contributed by atoms with Gasteiger partial charge in [0.15, 0.2) is 0 Å². The standard InChI is InChI=1S/C9H14O2.C3H4O2/c1-2-3-7-11-9(10)8-5-4-6-8;1-2-3(4)5/h5H,2-4,6-7H2,1H3;2H,1H2,(H,4,5). The fourth-order valence-corrected chi connectivity index (χ4v) is 0.876. The molecule has 0 aromatic carbocycles. The summed E-state index contributed by atoms with van der Waals surface area (Å²) < 4.78 is 4.98. The van der Waals surface area contributed by atoms with Crippen molar-refractivity contribution in [2.24, 2.45) is 0 Å². The van der Waals surface area contributed by atoms with Gasteiger partial charge in [0.1, 0.15) is 0 Å². The zero-order chi connectivity index (χ0) is 12.4. The zero-order valence-corrected chi connectivity index (χ0v) is 9.57. The van der Waals surface area contributed by atoms with Gasteiger partial charge in [0.05, 0.1) is 6.61 Å². The summed E-state index contributed by atoms with van der Waals surface area (Å²) in [6, 6.07) is 0. The van der Waals surface area contributed by atoms with E-state index in [2.05, 4.69) is 13.5 Å². The normalized spacial score (nSPS) is 12.4. The Morgan fingerprint density at radius 2 is 2.19 bits per heavy atom. The molecule has 4 nitrogen and oxygen atoms in total. The summed E-state index contributed by atoms with van der Waals surface area (Å²) in [5.41, 5.74) is 0.862. The fourth-order valence-electron chi connectivity index (χ4n) is 0.876. The van der Waals surface area contributed by atoms with Crippen LogP contribution in [0.15, 0.2) is 24.3 Å². The van der Waals surface area contributed by atoms with Gasteiger partial charge in [-0.05, 0) is 19.3 Å². The zero-order valence-electron chi connectivity index (χ0n) is 9.57. The van der Waals surface area contributed by atoms with Crippen LogP contribution in [0.3, 0.4) is 0 Å². The van der Waals surface area contributed by atoms with Crippen LogP contribution in [0.4, 0.5) is 0 Å². The van der Waals surface area contributed by atoms with Crippen molar-refractivity contribution in [3.63, 3.8) is 0 Å². The van der Waals surface area contributed by atoms with E-state index < -0.39 is 5.97 Å². The van der Waals surface area contributed by atoms with Crippen molar-refractivity contribution in [2.75, 3.05) is 6.61 Å². The maximum Gasteiger partial charge on any atom is 0.333 e. The van der Waals surface area contributed by atoms with Crippen LogP contribution in [0.5, 0.6) is 0 Å². The lowest BCUT2D eigenvalue weighted by Crippen LogP contribution is -2.12. The summed E-state index contributed by atoms with van der Waals surface area (Å²) in [5.74, 6) is -1.09. The smallest absolute Gasteiger partial charge is 0.333 e. The lowest BCUT2D eigenvalue weighted by molar-refractivity contribution is -0.139. The third-order valence-corrected chi connectivity index (χ3v) is 1.97. The summed E-state index contributed by atoms with van der Waals surface area (Å²) in [4.78, 5) is 20.3. The minimum Gasteiger partial charge on any atom is -0.478 e. The Hall–Kier alpha value is -1.58. The summed E-state index contributed by atoms with van der Waals surface area (Å²) >= 11 is 0. The molecule has 0 saturated heterocycles. The van der Waals surface area contributed by atoms with Crippen molar-refractivity contribution >= 4 is 11.9 Å². The molecule has 1 aliphatic carbocycles. The van der Waals surface area contributed by atoms with Crippen LogP contribution in [-0.2, 0) is 14.3 Å². The van der Waals surface area contributed by atoms with E-state index in [1.807, 2.05) is 6.08 Å². The fraction of sp³-hybridized carbons (Fsp3) is 0.500. The van der Waals surface area contributed by atoms with E-state index in [4.69, 9.17) is 9.84 Å². The van der Waals surface area contributed by atoms with Crippen LogP contribution in [0.1, 0.15) is 32.6 Å². The first-order chi connectivity index (χ1) is 7.61. The number of aliphatic carboxylic acids is 1. The van der Waals surface area contributed by atoms with E-state index in [0.29, 0.717) is 6.61 Å². The highest BCUT2D eigenvalue weighted by Gasteiger charge is 2.15. The number of hydrogen-bond donors (Lipinski definition) is 1. The van der Waals surface area contributed by atoms with Crippen molar-refractivity contribution in [2.45, 2.75) is 32.6 Å². The maximum absolute atomic E-state index is 11.0. The summed E-state index contributed by atoms with van der Waals surface area (Å²) in [6.45, 7) is 5.62. The Morgan fingerprint density at radius 1 is 1.62 bits per heavy atom. The number of carboxylic acid groups (broad SMARTS) is 1. The first kappa shape index (κ1) is 14.4. The van der Waals surface area contributed by atoms with Gasteiger partial charge < -0.3 is 9.84 Å². The average Bonchev–Trinajstić information content (AvgIpc) is 2.16. The number of ether oxygens (including phenoxy) is 1. The largest absolute Gasteiger partial charge is 0.478 e. The second kappa shape index (κ2) is 8.71. The highest BCUT2D eigenvalue weighted by atomic mass is 16.5. The molecule has 16 heavy (non-hydrogen) atoms. The highest BCUT2D eigenvalue weighted by Crippen LogP contribution is 2.18. The topological polar surface area (TPSA) is 63.6 Å². The predicted octanol–water partition coefficient (Wildman–Crippen LogP) is 2.31. The third kappa shape index (κ3) is 6.81. The lowest BCUT2D eigenvalue weighted by Gasteiger charge is -2.12. The Kier molecular flexibility index (Phi) is 7.85. The number of carboxylic acids is 1. The summed E-state index contributed by atoms with van der Waals surface area (Å²) in [6.07, 6.45) is 6.77. The predicted molar refractivity (Wildman–Crippen MR) is 61.0 cm³/mol. The van der Waals surface area contributed by atoms with E-state index in [1.165, 1.54) is 0 Å². The van der Waals surface area contributed by atoms with E-state index in [9.17, 15) is 9.59 Å². The second-order valence-corrected chi connectivity index (χ2v) is 3.30. The molecule has 0 saturated carbocycles. The van der Waals surface area contributed by atoms with E-state index in [-0.39, 0.29) is 5.97 Å². The Labute approximate surface area is 95.6 Å². The first-order valence-corrected chi connectivity index (χ1v) is 5.33. The van der Waals surface area contributed by atoms with E-state index >= 15 is 0 Å². The Balaban J connectivity index is 0.000000385. The lowest BCUT2D eigenvalue weighted by atomic mass is 10.00. The van der Waals surface area contributed by atoms with Crippen LogP contribution in [0.25, 0.3) is 0 Å². The molecule has 0 spiro atoms. The minimum atomic E-state index is -0.981. The maximum atomic E-state index is 11.0. The molecule has 90 valence electrons. The number of carbonyl (C=O) groups excluding carboxylic acids is 1. The van der Waals surface area contributed by atoms with Gasteiger partial charge in [-0.15, -0.1) is 0 Å². The van der Waals surface area contributed by atoms with Crippen LogP contribution >= 0.6 is 0 Å². The molecule has 0 atom stereocenters. The molecule has 1 rings (SSSR count). The molecule has 0 amide bonds. The first-order valence-electron chi connectivity index (χ1n) is 5.33. The molecule has 0 fully saturated rings. The molecule has 0 radical (unpaired) electrons. The molecule has 0 aromatic heterocycles. The van der Waals surface area contributed by atoms with Gasteiger partial charge >= 0.3 is 11.9 Å². The van der Waals surface area contributed by atoms with Crippen LogP contribution in [0, 0.1) is 0 Å². The Morgan fingerprint density at radius 3 is 2.50 bits per heavy atom. The molecule has 4 heteroatoms. The van der Waals surface area contributed by atoms with Crippen molar-refractivity contribution in [3.05, 3.63) is 24.3 Å². The second-order valence-electron chi connectivity index (χ2n) is 3.30. The number of rotatable bonds is 5. The molecule has 0 unspecified atom stereocenters. The minimum absolute atomic E-state index is 0.107. The summed E-state index contributed by atoms with van der Waals surface area (Å²) in [7, 11) is 0. The van der Waals surface area contributed by atoms with Gasteiger partial charge in [0.25, 0.3) is 0 Å².